The molecule has 0 atom stereocenters. The first kappa shape index (κ1) is 18.7. The van der Waals surface area contributed by atoms with Crippen molar-refractivity contribution in [3.8, 4) is 0 Å². The smallest absolute Gasteiger partial charge is 0.307 e. The lowest BCUT2D eigenvalue weighted by atomic mass is 9.97. The van der Waals surface area contributed by atoms with Crippen LogP contribution in [0.5, 0.6) is 0 Å². The van der Waals surface area contributed by atoms with E-state index >= 15 is 0 Å². The number of carbonyl (C=O) groups is 2. The summed E-state index contributed by atoms with van der Waals surface area (Å²) in [5.74, 6) is -0.0461. The van der Waals surface area contributed by atoms with Crippen LogP contribution in [-0.2, 0) is 14.3 Å². The van der Waals surface area contributed by atoms with Crippen molar-refractivity contribution in [1.82, 2.24) is 4.90 Å². The standard InChI is InChI=1S/C18H31NO3/c1-3-5-11-17(20)19(15-13-18(21)22-4-2)14-12-16-9-7-6-8-10-16/h9H,3-8,10-15H2,1-2H3. The number of rotatable bonds is 10. The van der Waals surface area contributed by atoms with Gasteiger partial charge in [0.15, 0.2) is 0 Å². The minimum Gasteiger partial charge on any atom is -0.466 e. The van der Waals surface area contributed by atoms with Crippen molar-refractivity contribution in [3.63, 3.8) is 0 Å². The lowest BCUT2D eigenvalue weighted by Crippen LogP contribution is -2.34. The van der Waals surface area contributed by atoms with E-state index in [4.69, 9.17) is 4.74 Å². The molecule has 0 spiro atoms. The molecule has 0 aromatic carbocycles. The van der Waals surface area contributed by atoms with Crippen LogP contribution < -0.4 is 0 Å². The molecule has 0 saturated heterocycles. The van der Waals surface area contributed by atoms with E-state index in [1.165, 1.54) is 24.8 Å². The van der Waals surface area contributed by atoms with Gasteiger partial charge in [-0.25, -0.2) is 0 Å². The number of hydrogen-bond donors (Lipinski definition) is 0. The first-order valence-electron chi connectivity index (χ1n) is 8.78. The van der Waals surface area contributed by atoms with Crippen molar-refractivity contribution in [3.05, 3.63) is 11.6 Å². The Bertz CT molecular complexity index is 377. The van der Waals surface area contributed by atoms with E-state index in [1.54, 1.807) is 6.92 Å². The van der Waals surface area contributed by atoms with E-state index in [9.17, 15) is 9.59 Å². The van der Waals surface area contributed by atoms with Crippen LogP contribution in [0, 0.1) is 0 Å². The molecule has 0 saturated carbocycles. The zero-order valence-electron chi connectivity index (χ0n) is 14.2. The number of nitrogens with zero attached hydrogens (tertiary/aromatic N) is 1. The molecule has 0 unspecified atom stereocenters. The average molecular weight is 309 g/mol. The van der Waals surface area contributed by atoms with E-state index in [1.807, 2.05) is 4.90 Å². The van der Waals surface area contributed by atoms with E-state index in [0.29, 0.717) is 26.0 Å². The fourth-order valence-corrected chi connectivity index (χ4v) is 2.72. The van der Waals surface area contributed by atoms with Gasteiger partial charge in [-0.15, -0.1) is 0 Å². The van der Waals surface area contributed by atoms with E-state index in [-0.39, 0.29) is 11.9 Å². The van der Waals surface area contributed by atoms with Crippen molar-refractivity contribution in [2.75, 3.05) is 19.7 Å². The van der Waals surface area contributed by atoms with Gasteiger partial charge >= 0.3 is 5.97 Å². The summed E-state index contributed by atoms with van der Waals surface area (Å²) in [5, 5.41) is 0. The summed E-state index contributed by atoms with van der Waals surface area (Å²) in [4.78, 5) is 25.7. The molecule has 0 aromatic rings. The molecular weight excluding hydrogens is 278 g/mol. The normalized spacial score (nSPS) is 14.4. The van der Waals surface area contributed by atoms with Gasteiger partial charge in [0.25, 0.3) is 0 Å². The quantitative estimate of drug-likeness (QED) is 0.455. The van der Waals surface area contributed by atoms with Gasteiger partial charge in [-0.1, -0.05) is 25.0 Å². The van der Waals surface area contributed by atoms with Crippen LogP contribution in [0.15, 0.2) is 11.6 Å². The van der Waals surface area contributed by atoms with Crippen LogP contribution in [0.25, 0.3) is 0 Å². The van der Waals surface area contributed by atoms with Gasteiger partial charge in [0.2, 0.25) is 5.91 Å². The first-order valence-corrected chi connectivity index (χ1v) is 8.78. The predicted octanol–water partition coefficient (Wildman–Crippen LogP) is 3.85. The fourth-order valence-electron chi connectivity index (χ4n) is 2.72. The largest absolute Gasteiger partial charge is 0.466 e. The number of carbonyl (C=O) groups excluding carboxylic acids is 2. The van der Waals surface area contributed by atoms with Gasteiger partial charge < -0.3 is 9.64 Å². The maximum absolute atomic E-state index is 12.3. The number of esters is 1. The SMILES string of the molecule is CCCCC(=O)N(CCC(=O)OCC)CCC1=CCCCC1. The van der Waals surface area contributed by atoms with Crippen molar-refractivity contribution < 1.29 is 14.3 Å². The number of ether oxygens (including phenoxy) is 1. The van der Waals surface area contributed by atoms with Gasteiger partial charge in [-0.2, -0.15) is 0 Å². The molecule has 0 heterocycles. The molecule has 4 heteroatoms. The van der Waals surface area contributed by atoms with Crippen molar-refractivity contribution in [1.29, 1.82) is 0 Å². The number of unbranched alkanes of at least 4 members (excludes halogenated alkanes) is 1. The molecule has 1 amide bonds. The Morgan fingerprint density at radius 2 is 2.00 bits per heavy atom. The Kier molecular flexibility index (Phi) is 9.60. The van der Waals surface area contributed by atoms with Gasteiger partial charge in [-0.3, -0.25) is 9.59 Å². The Morgan fingerprint density at radius 3 is 2.64 bits per heavy atom. The molecule has 4 nitrogen and oxygen atoms in total. The summed E-state index contributed by atoms with van der Waals surface area (Å²) < 4.78 is 4.96. The third-order valence-electron chi connectivity index (χ3n) is 4.08. The van der Waals surface area contributed by atoms with Crippen molar-refractivity contribution >= 4 is 11.9 Å². The molecule has 22 heavy (non-hydrogen) atoms. The van der Waals surface area contributed by atoms with Crippen LogP contribution in [0.1, 0.15) is 71.6 Å². The predicted molar refractivity (Wildman–Crippen MR) is 88.5 cm³/mol. The molecule has 1 rings (SSSR count). The van der Waals surface area contributed by atoms with Gasteiger partial charge in [0, 0.05) is 19.5 Å². The van der Waals surface area contributed by atoms with Crippen molar-refractivity contribution in [2.45, 2.75) is 71.6 Å². The van der Waals surface area contributed by atoms with Crippen LogP contribution in [0.2, 0.25) is 0 Å². The molecule has 0 bridgehead atoms. The highest BCUT2D eigenvalue weighted by Crippen LogP contribution is 2.20. The number of amides is 1. The summed E-state index contributed by atoms with van der Waals surface area (Å²) in [6.07, 6.45) is 11.0. The Morgan fingerprint density at radius 1 is 1.18 bits per heavy atom. The molecule has 0 aliphatic heterocycles. The van der Waals surface area contributed by atoms with Gasteiger partial charge in [0.1, 0.15) is 0 Å². The lowest BCUT2D eigenvalue weighted by Gasteiger charge is -2.24. The summed E-state index contributed by atoms with van der Waals surface area (Å²) in [6, 6.07) is 0. The van der Waals surface area contributed by atoms with Crippen LogP contribution in [0.3, 0.4) is 0 Å². The topological polar surface area (TPSA) is 46.6 Å². The molecule has 0 fully saturated rings. The highest BCUT2D eigenvalue weighted by Gasteiger charge is 2.16. The summed E-state index contributed by atoms with van der Waals surface area (Å²) in [5.41, 5.74) is 1.47. The highest BCUT2D eigenvalue weighted by molar-refractivity contribution is 5.77. The molecule has 1 aliphatic rings. The monoisotopic (exact) mass is 309 g/mol. The van der Waals surface area contributed by atoms with E-state index in [0.717, 1.165) is 32.2 Å². The minimum absolute atomic E-state index is 0.169. The number of allylic oxidation sites excluding steroid dienone is 1. The zero-order chi connectivity index (χ0) is 16.2. The first-order chi connectivity index (χ1) is 10.7. The van der Waals surface area contributed by atoms with Crippen LogP contribution in [0.4, 0.5) is 0 Å². The molecule has 0 aromatic heterocycles. The summed E-state index contributed by atoms with van der Waals surface area (Å²) in [6.45, 7) is 5.50. The van der Waals surface area contributed by atoms with Crippen molar-refractivity contribution in [2.24, 2.45) is 0 Å². The number of hydrogen-bond acceptors (Lipinski definition) is 3. The van der Waals surface area contributed by atoms with E-state index in [2.05, 4.69) is 13.0 Å². The van der Waals surface area contributed by atoms with Crippen LogP contribution >= 0.6 is 0 Å². The molecule has 0 N–H and O–H groups in total. The summed E-state index contributed by atoms with van der Waals surface area (Å²) in [7, 11) is 0. The average Bonchev–Trinajstić information content (AvgIpc) is 2.54. The maximum Gasteiger partial charge on any atom is 0.307 e. The highest BCUT2D eigenvalue weighted by atomic mass is 16.5. The Balaban J connectivity index is 2.46. The summed E-state index contributed by atoms with van der Waals surface area (Å²) >= 11 is 0. The third kappa shape index (κ3) is 7.62. The third-order valence-corrected chi connectivity index (χ3v) is 4.08. The molecule has 0 radical (unpaired) electrons. The lowest BCUT2D eigenvalue weighted by molar-refractivity contribution is -0.144. The maximum atomic E-state index is 12.3. The Labute approximate surface area is 134 Å². The second-order valence-electron chi connectivity index (χ2n) is 5.90. The van der Waals surface area contributed by atoms with Crippen LogP contribution in [-0.4, -0.2) is 36.5 Å². The second kappa shape index (κ2) is 11.3. The fraction of sp³-hybridized carbons (Fsp3) is 0.778. The molecule has 1 aliphatic carbocycles. The molecular formula is C18H31NO3. The van der Waals surface area contributed by atoms with Gasteiger partial charge in [0.05, 0.1) is 13.0 Å². The van der Waals surface area contributed by atoms with E-state index < -0.39 is 0 Å². The Hall–Kier alpha value is -1.32. The van der Waals surface area contributed by atoms with Gasteiger partial charge in [-0.05, 0) is 45.4 Å². The minimum atomic E-state index is -0.215. The second-order valence-corrected chi connectivity index (χ2v) is 5.90. The molecule has 126 valence electrons. The zero-order valence-corrected chi connectivity index (χ0v) is 14.2.